The molecule has 0 atom stereocenters. The summed E-state index contributed by atoms with van der Waals surface area (Å²) in [5.41, 5.74) is 0.207. The highest BCUT2D eigenvalue weighted by Crippen LogP contribution is 2.20. The Morgan fingerprint density at radius 3 is 2.38 bits per heavy atom. The van der Waals surface area contributed by atoms with Gasteiger partial charge in [-0.05, 0) is 18.8 Å². The van der Waals surface area contributed by atoms with Crippen molar-refractivity contribution in [2.24, 2.45) is 10.6 Å². The molecule has 0 bridgehead atoms. The third kappa shape index (κ3) is 3.61. The number of imidazole rings is 1. The first-order valence-corrected chi connectivity index (χ1v) is 6.71. The molecule has 2 N–H and O–H groups in total. The SMILES string of the molecule is Cc1nc(S(N)(=O)=O)cn1CCC(C)(C)C. The van der Waals surface area contributed by atoms with Gasteiger partial charge in [-0.3, -0.25) is 0 Å². The lowest BCUT2D eigenvalue weighted by molar-refractivity contribution is 0.348. The monoisotopic (exact) mass is 245 g/mol. The van der Waals surface area contributed by atoms with E-state index in [1.165, 1.54) is 6.20 Å². The van der Waals surface area contributed by atoms with Crippen molar-refractivity contribution in [2.45, 2.75) is 45.7 Å². The normalized spacial score (nSPS) is 13.1. The molecule has 0 unspecified atom stereocenters. The van der Waals surface area contributed by atoms with Crippen LogP contribution in [0.25, 0.3) is 0 Å². The Balaban J connectivity index is 2.88. The fraction of sp³-hybridized carbons (Fsp3) is 0.700. The Morgan fingerprint density at radius 2 is 2.00 bits per heavy atom. The molecule has 6 heteroatoms. The molecule has 0 aliphatic heterocycles. The van der Waals surface area contributed by atoms with Crippen LogP contribution in [-0.4, -0.2) is 18.0 Å². The maximum Gasteiger partial charge on any atom is 0.257 e. The van der Waals surface area contributed by atoms with Crippen molar-refractivity contribution in [3.63, 3.8) is 0 Å². The number of primary sulfonamides is 1. The zero-order valence-electron chi connectivity index (χ0n) is 10.2. The van der Waals surface area contributed by atoms with E-state index in [-0.39, 0.29) is 10.4 Å². The summed E-state index contributed by atoms with van der Waals surface area (Å²) < 4.78 is 24.0. The molecule has 0 fully saturated rings. The van der Waals surface area contributed by atoms with Gasteiger partial charge < -0.3 is 4.57 Å². The highest BCUT2D eigenvalue weighted by atomic mass is 32.2. The number of hydrogen-bond acceptors (Lipinski definition) is 3. The number of nitrogens with zero attached hydrogens (tertiary/aromatic N) is 2. The third-order valence-corrected chi connectivity index (χ3v) is 3.13. The van der Waals surface area contributed by atoms with E-state index in [1.807, 2.05) is 4.57 Å². The number of aryl methyl sites for hydroxylation is 2. The van der Waals surface area contributed by atoms with Crippen molar-refractivity contribution in [1.82, 2.24) is 9.55 Å². The van der Waals surface area contributed by atoms with E-state index in [9.17, 15) is 8.42 Å². The molecule has 5 nitrogen and oxygen atoms in total. The van der Waals surface area contributed by atoms with Crippen molar-refractivity contribution < 1.29 is 8.42 Å². The van der Waals surface area contributed by atoms with Crippen molar-refractivity contribution in [2.75, 3.05) is 0 Å². The van der Waals surface area contributed by atoms with Crippen LogP contribution < -0.4 is 5.14 Å². The number of aromatic nitrogens is 2. The smallest absolute Gasteiger partial charge is 0.257 e. The van der Waals surface area contributed by atoms with Crippen LogP contribution >= 0.6 is 0 Å². The van der Waals surface area contributed by atoms with Gasteiger partial charge in [-0.2, -0.15) is 0 Å². The molecule has 1 rings (SSSR count). The molecule has 0 radical (unpaired) electrons. The summed E-state index contributed by atoms with van der Waals surface area (Å²) in [6.45, 7) is 8.94. The molecule has 1 aromatic rings. The van der Waals surface area contributed by atoms with Gasteiger partial charge in [0.15, 0.2) is 5.03 Å². The quantitative estimate of drug-likeness (QED) is 0.871. The molecule has 1 heterocycles. The van der Waals surface area contributed by atoms with E-state index in [4.69, 9.17) is 5.14 Å². The second kappa shape index (κ2) is 4.18. The molecule has 1 aromatic heterocycles. The van der Waals surface area contributed by atoms with Gasteiger partial charge in [0.2, 0.25) is 0 Å². The Morgan fingerprint density at radius 1 is 1.44 bits per heavy atom. The predicted octanol–water partition coefficient (Wildman–Crippen LogP) is 1.28. The van der Waals surface area contributed by atoms with E-state index in [0.29, 0.717) is 5.82 Å². The van der Waals surface area contributed by atoms with Gasteiger partial charge in [0.1, 0.15) is 5.82 Å². The molecule has 0 aliphatic carbocycles. The standard InChI is InChI=1S/C10H19N3O2S/c1-8-12-9(16(11,14)15)7-13(8)6-5-10(2,3)4/h7H,5-6H2,1-4H3,(H2,11,14,15). The average Bonchev–Trinajstić information content (AvgIpc) is 2.41. The van der Waals surface area contributed by atoms with Crippen molar-refractivity contribution in [1.29, 1.82) is 0 Å². The van der Waals surface area contributed by atoms with Crippen molar-refractivity contribution >= 4 is 10.0 Å². The molecule has 0 aliphatic rings. The van der Waals surface area contributed by atoms with E-state index in [1.54, 1.807) is 6.92 Å². The van der Waals surface area contributed by atoms with Gasteiger partial charge in [0, 0.05) is 12.7 Å². The van der Waals surface area contributed by atoms with Crippen LogP contribution in [0.3, 0.4) is 0 Å². The largest absolute Gasteiger partial charge is 0.334 e. The van der Waals surface area contributed by atoms with Crippen LogP contribution in [0.2, 0.25) is 0 Å². The van der Waals surface area contributed by atoms with Gasteiger partial charge in [-0.15, -0.1) is 0 Å². The van der Waals surface area contributed by atoms with Crippen LogP contribution in [0.15, 0.2) is 11.2 Å². The fourth-order valence-electron chi connectivity index (χ4n) is 1.30. The summed E-state index contributed by atoms with van der Waals surface area (Å²) in [6.07, 6.45) is 2.45. The summed E-state index contributed by atoms with van der Waals surface area (Å²) in [7, 11) is -3.69. The molecular formula is C10H19N3O2S. The molecule has 0 aromatic carbocycles. The maximum absolute atomic E-state index is 11.1. The predicted molar refractivity (Wildman–Crippen MR) is 62.4 cm³/mol. The lowest BCUT2D eigenvalue weighted by atomic mass is 9.92. The summed E-state index contributed by atoms with van der Waals surface area (Å²) in [4.78, 5) is 3.93. The molecule has 16 heavy (non-hydrogen) atoms. The minimum Gasteiger partial charge on any atom is -0.334 e. The van der Waals surface area contributed by atoms with Crippen molar-refractivity contribution in [3.8, 4) is 0 Å². The van der Waals surface area contributed by atoms with E-state index in [2.05, 4.69) is 25.8 Å². The second-order valence-corrected chi connectivity index (χ2v) is 6.68. The highest BCUT2D eigenvalue weighted by molar-refractivity contribution is 7.89. The van der Waals surface area contributed by atoms with Gasteiger partial charge in [-0.25, -0.2) is 18.5 Å². The van der Waals surface area contributed by atoms with Crippen molar-refractivity contribution in [3.05, 3.63) is 12.0 Å². The second-order valence-electron chi connectivity index (χ2n) is 5.18. The van der Waals surface area contributed by atoms with Crippen LogP contribution in [0, 0.1) is 12.3 Å². The van der Waals surface area contributed by atoms with Gasteiger partial charge >= 0.3 is 0 Å². The van der Waals surface area contributed by atoms with Crippen LogP contribution in [0.5, 0.6) is 0 Å². The van der Waals surface area contributed by atoms with E-state index < -0.39 is 10.0 Å². The average molecular weight is 245 g/mol. The molecule has 0 saturated heterocycles. The first kappa shape index (κ1) is 13.2. The van der Waals surface area contributed by atoms with Gasteiger partial charge in [-0.1, -0.05) is 20.8 Å². The first-order chi connectivity index (χ1) is 7.09. The molecule has 0 spiro atoms. The third-order valence-electron chi connectivity index (χ3n) is 2.35. The lowest BCUT2D eigenvalue weighted by Gasteiger charge is -2.18. The fourth-order valence-corrected chi connectivity index (χ4v) is 1.83. The topological polar surface area (TPSA) is 78.0 Å². The molecule has 0 amide bonds. The Hall–Kier alpha value is -0.880. The lowest BCUT2D eigenvalue weighted by Crippen LogP contribution is -2.12. The van der Waals surface area contributed by atoms with E-state index >= 15 is 0 Å². The van der Waals surface area contributed by atoms with Gasteiger partial charge in [0.05, 0.1) is 0 Å². The highest BCUT2D eigenvalue weighted by Gasteiger charge is 2.16. The molecule has 0 saturated carbocycles. The Kier molecular flexibility index (Phi) is 3.44. The number of rotatable bonds is 3. The number of hydrogen-bond donors (Lipinski definition) is 1. The summed E-state index contributed by atoms with van der Waals surface area (Å²) in [5, 5.41) is 4.96. The summed E-state index contributed by atoms with van der Waals surface area (Å²) in [6, 6.07) is 0. The van der Waals surface area contributed by atoms with Crippen LogP contribution in [-0.2, 0) is 16.6 Å². The minimum atomic E-state index is -3.69. The summed E-state index contributed by atoms with van der Waals surface area (Å²) in [5.74, 6) is 0.674. The number of sulfonamides is 1. The summed E-state index contributed by atoms with van der Waals surface area (Å²) >= 11 is 0. The molecule has 92 valence electrons. The Labute approximate surface area is 96.7 Å². The number of nitrogens with two attached hydrogens (primary N) is 1. The van der Waals surface area contributed by atoms with Crippen LogP contribution in [0.1, 0.15) is 33.0 Å². The first-order valence-electron chi connectivity index (χ1n) is 5.16. The van der Waals surface area contributed by atoms with Gasteiger partial charge in [0.25, 0.3) is 10.0 Å². The molecular weight excluding hydrogens is 226 g/mol. The Bertz CT molecular complexity index is 469. The zero-order valence-corrected chi connectivity index (χ0v) is 11.0. The van der Waals surface area contributed by atoms with Crippen LogP contribution in [0.4, 0.5) is 0 Å². The zero-order chi connectivity index (χ0) is 12.6. The maximum atomic E-state index is 11.1. The van der Waals surface area contributed by atoms with E-state index in [0.717, 1.165) is 13.0 Å². The minimum absolute atomic E-state index is 0.0566.